The summed E-state index contributed by atoms with van der Waals surface area (Å²) in [4.78, 5) is 12.8. The molecule has 0 aromatic carbocycles. The van der Waals surface area contributed by atoms with Crippen LogP contribution in [-0.2, 0) is 4.79 Å². The van der Waals surface area contributed by atoms with Crippen molar-refractivity contribution in [3.05, 3.63) is 0 Å². The summed E-state index contributed by atoms with van der Waals surface area (Å²) in [5.74, 6) is 1.04. The van der Waals surface area contributed by atoms with Crippen molar-refractivity contribution in [2.45, 2.75) is 120 Å². The maximum Gasteiger partial charge on any atom is 0.138 e. The van der Waals surface area contributed by atoms with E-state index in [1.165, 1.54) is 12.8 Å². The fourth-order valence-electron chi connectivity index (χ4n) is 5.28. The summed E-state index contributed by atoms with van der Waals surface area (Å²) in [6.07, 6.45) is 7.58. The number of aliphatic hydroxyl groups is 1. The van der Waals surface area contributed by atoms with E-state index in [1.54, 1.807) is 0 Å². The molecule has 1 saturated carbocycles. The zero-order valence-electron chi connectivity index (χ0n) is 20.4. The number of hydrogen-bond donors (Lipinski definition) is 2. The number of rotatable bonds is 11. The molecule has 1 aliphatic carbocycles. The first kappa shape index (κ1) is 25.6. The SMILES string of the molecule is CCC(C)(CC)C(=O)CCC1CC(C)(C)CC(C)(CNC(O)C(C)(C)CC)C1. The van der Waals surface area contributed by atoms with E-state index in [1.807, 2.05) is 0 Å². The number of carbonyl (C=O) groups excluding carboxylic acids is 1. The van der Waals surface area contributed by atoms with Gasteiger partial charge in [0.1, 0.15) is 12.0 Å². The number of Topliss-reactive ketones (excluding diaryl/α,β-unsaturated/α-hetero) is 1. The van der Waals surface area contributed by atoms with E-state index in [9.17, 15) is 9.90 Å². The van der Waals surface area contributed by atoms with Gasteiger partial charge in [-0.2, -0.15) is 0 Å². The van der Waals surface area contributed by atoms with Crippen molar-refractivity contribution in [2.75, 3.05) is 6.54 Å². The van der Waals surface area contributed by atoms with Gasteiger partial charge in [0, 0.05) is 23.8 Å². The summed E-state index contributed by atoms with van der Waals surface area (Å²) in [7, 11) is 0. The lowest BCUT2D eigenvalue weighted by Crippen LogP contribution is -2.48. The second-order valence-electron chi connectivity index (χ2n) is 11.8. The quantitative estimate of drug-likeness (QED) is 0.401. The Hall–Kier alpha value is -0.410. The number of ketones is 1. The maximum absolute atomic E-state index is 12.8. The molecule has 0 aliphatic heterocycles. The van der Waals surface area contributed by atoms with E-state index in [2.05, 4.69) is 67.6 Å². The lowest BCUT2D eigenvalue weighted by atomic mass is 9.59. The van der Waals surface area contributed by atoms with Crippen LogP contribution < -0.4 is 5.32 Å². The third-order valence-corrected chi connectivity index (χ3v) is 7.92. The van der Waals surface area contributed by atoms with E-state index in [4.69, 9.17) is 0 Å². The smallest absolute Gasteiger partial charge is 0.138 e. The van der Waals surface area contributed by atoms with Gasteiger partial charge in [0.25, 0.3) is 0 Å². The van der Waals surface area contributed by atoms with Crippen LogP contribution >= 0.6 is 0 Å². The average molecular weight is 396 g/mol. The van der Waals surface area contributed by atoms with Crippen LogP contribution in [0.1, 0.15) is 114 Å². The molecule has 2 N–H and O–H groups in total. The zero-order chi connectivity index (χ0) is 21.8. The fraction of sp³-hybridized carbons (Fsp3) is 0.960. The van der Waals surface area contributed by atoms with Crippen molar-refractivity contribution < 1.29 is 9.90 Å². The first-order valence-corrected chi connectivity index (χ1v) is 11.7. The van der Waals surface area contributed by atoms with Gasteiger partial charge >= 0.3 is 0 Å². The lowest BCUT2D eigenvalue weighted by molar-refractivity contribution is -0.128. The minimum absolute atomic E-state index is 0.114. The molecule has 166 valence electrons. The Morgan fingerprint density at radius 2 is 1.64 bits per heavy atom. The summed E-state index contributed by atoms with van der Waals surface area (Å²) in [5, 5.41) is 14.0. The number of nitrogens with one attached hydrogen (secondary N) is 1. The second kappa shape index (κ2) is 9.60. The van der Waals surface area contributed by atoms with Gasteiger partial charge in [0.15, 0.2) is 0 Å². The summed E-state index contributed by atoms with van der Waals surface area (Å²) in [6.45, 7) is 20.7. The van der Waals surface area contributed by atoms with Gasteiger partial charge in [-0.15, -0.1) is 0 Å². The Morgan fingerprint density at radius 3 is 2.14 bits per heavy atom. The van der Waals surface area contributed by atoms with Crippen molar-refractivity contribution in [1.82, 2.24) is 5.32 Å². The van der Waals surface area contributed by atoms with Crippen molar-refractivity contribution >= 4 is 5.78 Å². The van der Waals surface area contributed by atoms with Gasteiger partial charge < -0.3 is 5.11 Å². The summed E-state index contributed by atoms with van der Waals surface area (Å²) >= 11 is 0. The first-order chi connectivity index (χ1) is 12.7. The average Bonchev–Trinajstić information content (AvgIpc) is 2.61. The fourth-order valence-corrected chi connectivity index (χ4v) is 5.28. The van der Waals surface area contributed by atoms with Gasteiger partial charge in [-0.25, -0.2) is 0 Å². The minimum atomic E-state index is -0.478. The van der Waals surface area contributed by atoms with E-state index in [0.717, 1.165) is 38.6 Å². The number of carbonyl (C=O) groups is 1. The van der Waals surface area contributed by atoms with Gasteiger partial charge in [-0.1, -0.05) is 62.3 Å². The van der Waals surface area contributed by atoms with Crippen molar-refractivity contribution in [1.29, 1.82) is 0 Å². The highest BCUT2D eigenvalue weighted by atomic mass is 16.3. The van der Waals surface area contributed by atoms with Crippen LogP contribution in [0.4, 0.5) is 0 Å². The van der Waals surface area contributed by atoms with Gasteiger partial charge in [-0.05, 0) is 61.7 Å². The van der Waals surface area contributed by atoms with E-state index in [0.29, 0.717) is 18.1 Å². The molecule has 3 nitrogen and oxygen atoms in total. The van der Waals surface area contributed by atoms with Crippen molar-refractivity contribution in [3.8, 4) is 0 Å². The third kappa shape index (κ3) is 6.83. The molecule has 1 rings (SSSR count). The molecule has 0 radical (unpaired) electrons. The Morgan fingerprint density at radius 1 is 1.07 bits per heavy atom. The van der Waals surface area contributed by atoms with Crippen LogP contribution in [0.5, 0.6) is 0 Å². The highest BCUT2D eigenvalue weighted by Crippen LogP contribution is 2.50. The summed E-state index contributed by atoms with van der Waals surface area (Å²) in [6, 6.07) is 0. The predicted molar refractivity (Wildman–Crippen MR) is 120 cm³/mol. The van der Waals surface area contributed by atoms with Gasteiger partial charge in [0.05, 0.1) is 0 Å². The third-order valence-electron chi connectivity index (χ3n) is 7.92. The van der Waals surface area contributed by atoms with Crippen LogP contribution in [0, 0.1) is 27.6 Å². The topological polar surface area (TPSA) is 49.3 Å². The second-order valence-corrected chi connectivity index (χ2v) is 11.8. The molecule has 28 heavy (non-hydrogen) atoms. The molecule has 0 heterocycles. The van der Waals surface area contributed by atoms with E-state index < -0.39 is 6.23 Å². The van der Waals surface area contributed by atoms with Crippen LogP contribution in [0.15, 0.2) is 0 Å². The number of aliphatic hydroxyl groups excluding tert-OH is 1. The molecule has 0 amide bonds. The van der Waals surface area contributed by atoms with Crippen LogP contribution in [0.3, 0.4) is 0 Å². The number of hydrogen-bond acceptors (Lipinski definition) is 3. The van der Waals surface area contributed by atoms with Crippen molar-refractivity contribution in [2.24, 2.45) is 27.6 Å². The summed E-state index contributed by atoms with van der Waals surface area (Å²) in [5.41, 5.74) is 0.188. The van der Waals surface area contributed by atoms with Crippen LogP contribution in [0.25, 0.3) is 0 Å². The standard InChI is InChI=1S/C25H49NO2/c1-10-23(6,7)21(28)26-18-24(8)16-19(15-22(4,5)17-24)13-14-20(27)25(9,11-2)12-3/h19,21,26,28H,10-18H2,1-9H3. The monoisotopic (exact) mass is 395 g/mol. The molecule has 0 saturated heterocycles. The Labute approximate surface area is 175 Å². The molecule has 3 heteroatoms. The molecule has 0 aromatic rings. The molecule has 1 aliphatic rings. The minimum Gasteiger partial charge on any atom is -0.378 e. The molecule has 3 atom stereocenters. The van der Waals surface area contributed by atoms with Crippen LogP contribution in [0.2, 0.25) is 0 Å². The first-order valence-electron chi connectivity index (χ1n) is 11.7. The van der Waals surface area contributed by atoms with E-state index >= 15 is 0 Å². The molecular weight excluding hydrogens is 346 g/mol. The Bertz CT molecular complexity index is 507. The lowest BCUT2D eigenvalue weighted by Gasteiger charge is -2.48. The highest BCUT2D eigenvalue weighted by Gasteiger charge is 2.42. The molecule has 3 unspecified atom stereocenters. The van der Waals surface area contributed by atoms with Crippen molar-refractivity contribution in [3.63, 3.8) is 0 Å². The van der Waals surface area contributed by atoms with Gasteiger partial charge in [-0.3, -0.25) is 10.1 Å². The molecule has 0 aromatic heterocycles. The molecule has 0 spiro atoms. The highest BCUT2D eigenvalue weighted by molar-refractivity contribution is 5.84. The Balaban J connectivity index is 2.74. The van der Waals surface area contributed by atoms with E-state index in [-0.39, 0.29) is 21.7 Å². The summed E-state index contributed by atoms with van der Waals surface area (Å²) < 4.78 is 0. The molecular formula is C25H49NO2. The Kier molecular flexibility index (Phi) is 8.79. The molecule has 0 bridgehead atoms. The van der Waals surface area contributed by atoms with Gasteiger partial charge in [0.2, 0.25) is 0 Å². The van der Waals surface area contributed by atoms with Crippen LogP contribution in [-0.4, -0.2) is 23.7 Å². The molecule has 1 fully saturated rings. The zero-order valence-corrected chi connectivity index (χ0v) is 20.4. The maximum atomic E-state index is 12.8. The predicted octanol–water partition coefficient (Wildman–Crippen LogP) is 6.34. The normalized spacial score (nSPS) is 26.9. The largest absolute Gasteiger partial charge is 0.378 e.